The molecule has 0 aliphatic rings. The van der Waals surface area contributed by atoms with Crippen LogP contribution in [-0.2, 0) is 20.3 Å². The van der Waals surface area contributed by atoms with Gasteiger partial charge in [-0.1, -0.05) is 18.2 Å². The molecular formula is C14H18ClNO3S. The van der Waals surface area contributed by atoms with Crippen molar-refractivity contribution in [3.05, 3.63) is 30.0 Å². The number of rotatable bonds is 5. The Morgan fingerprint density at radius 3 is 2.55 bits per heavy atom. The van der Waals surface area contributed by atoms with Crippen LogP contribution in [0.25, 0.3) is 10.9 Å². The number of para-hydroxylation sites is 1. The summed E-state index contributed by atoms with van der Waals surface area (Å²) in [5.74, 6) is 0. The molecule has 0 amide bonds. The van der Waals surface area contributed by atoms with E-state index in [1.54, 1.807) is 13.0 Å². The molecule has 0 radical (unpaired) electrons. The van der Waals surface area contributed by atoms with Gasteiger partial charge in [0.15, 0.2) is 0 Å². The van der Waals surface area contributed by atoms with E-state index in [1.807, 2.05) is 36.6 Å². The zero-order chi connectivity index (χ0) is 14.9. The second-order valence-corrected chi connectivity index (χ2v) is 7.44. The number of halogens is 1. The number of fused-ring (bicyclic) bond motifs is 1. The van der Waals surface area contributed by atoms with Gasteiger partial charge < -0.3 is 9.30 Å². The quantitative estimate of drug-likeness (QED) is 0.795. The van der Waals surface area contributed by atoms with Crippen molar-refractivity contribution in [3.63, 3.8) is 0 Å². The van der Waals surface area contributed by atoms with Crippen molar-refractivity contribution in [1.29, 1.82) is 0 Å². The average molecular weight is 316 g/mol. The molecule has 0 N–H and O–H groups in total. The first-order valence-corrected chi connectivity index (χ1v) is 8.77. The standard InChI is InChI=1S/C14H18ClNO3S/c1-10(2)19-9-8-16-11(3)14(20(15,17)18)12-6-4-5-7-13(12)16/h4-7,10H,8-9H2,1-3H3. The monoisotopic (exact) mass is 315 g/mol. The van der Waals surface area contributed by atoms with Gasteiger partial charge in [-0.2, -0.15) is 0 Å². The molecule has 0 aliphatic carbocycles. The Hall–Kier alpha value is -1.04. The Morgan fingerprint density at radius 1 is 1.30 bits per heavy atom. The maximum atomic E-state index is 11.8. The van der Waals surface area contributed by atoms with E-state index in [1.165, 1.54) is 0 Å². The summed E-state index contributed by atoms with van der Waals surface area (Å²) in [6.07, 6.45) is 0.147. The van der Waals surface area contributed by atoms with E-state index < -0.39 is 9.05 Å². The molecule has 0 spiro atoms. The van der Waals surface area contributed by atoms with Crippen molar-refractivity contribution in [1.82, 2.24) is 4.57 Å². The Bertz CT molecular complexity index is 719. The Balaban J connectivity index is 2.52. The molecule has 0 unspecified atom stereocenters. The van der Waals surface area contributed by atoms with Crippen molar-refractivity contribution >= 4 is 30.6 Å². The van der Waals surface area contributed by atoms with Crippen LogP contribution in [0, 0.1) is 6.92 Å². The van der Waals surface area contributed by atoms with Crippen LogP contribution >= 0.6 is 10.7 Å². The fourth-order valence-electron chi connectivity index (χ4n) is 2.37. The maximum absolute atomic E-state index is 11.8. The number of hydrogen-bond acceptors (Lipinski definition) is 3. The molecule has 0 atom stereocenters. The van der Waals surface area contributed by atoms with Crippen molar-refractivity contribution in [2.45, 2.75) is 38.3 Å². The van der Waals surface area contributed by atoms with Crippen molar-refractivity contribution in [2.75, 3.05) is 6.61 Å². The lowest BCUT2D eigenvalue weighted by Gasteiger charge is -2.11. The van der Waals surface area contributed by atoms with E-state index in [0.717, 1.165) is 5.52 Å². The number of aromatic nitrogens is 1. The normalized spacial score (nSPS) is 12.4. The highest BCUT2D eigenvalue weighted by molar-refractivity contribution is 8.14. The first-order chi connectivity index (χ1) is 9.32. The summed E-state index contributed by atoms with van der Waals surface area (Å²) in [4.78, 5) is 0.194. The van der Waals surface area contributed by atoms with E-state index in [0.29, 0.717) is 24.2 Å². The predicted octanol–water partition coefficient (Wildman–Crippen LogP) is 3.30. The highest BCUT2D eigenvalue weighted by Crippen LogP contribution is 2.31. The van der Waals surface area contributed by atoms with Gasteiger partial charge in [0, 0.05) is 33.8 Å². The number of ether oxygens (including phenoxy) is 1. The van der Waals surface area contributed by atoms with Crippen LogP contribution < -0.4 is 0 Å². The molecule has 1 aromatic heterocycles. The third-order valence-electron chi connectivity index (χ3n) is 3.18. The zero-order valence-corrected chi connectivity index (χ0v) is 13.3. The number of benzene rings is 1. The minimum absolute atomic E-state index is 0.147. The fraction of sp³-hybridized carbons (Fsp3) is 0.429. The van der Waals surface area contributed by atoms with Crippen molar-refractivity contribution in [2.24, 2.45) is 0 Å². The second kappa shape index (κ2) is 5.76. The van der Waals surface area contributed by atoms with E-state index in [4.69, 9.17) is 15.4 Å². The number of hydrogen-bond donors (Lipinski definition) is 0. The van der Waals surface area contributed by atoms with Gasteiger partial charge in [0.1, 0.15) is 4.90 Å². The van der Waals surface area contributed by atoms with E-state index >= 15 is 0 Å². The van der Waals surface area contributed by atoms with Gasteiger partial charge in [-0.15, -0.1) is 0 Å². The highest BCUT2D eigenvalue weighted by atomic mass is 35.7. The first-order valence-electron chi connectivity index (χ1n) is 6.46. The lowest BCUT2D eigenvalue weighted by molar-refractivity contribution is 0.0730. The van der Waals surface area contributed by atoms with E-state index in [-0.39, 0.29) is 11.0 Å². The molecule has 0 fully saturated rings. The topological polar surface area (TPSA) is 48.3 Å². The lowest BCUT2D eigenvalue weighted by atomic mass is 10.2. The lowest BCUT2D eigenvalue weighted by Crippen LogP contribution is -2.11. The molecule has 110 valence electrons. The van der Waals surface area contributed by atoms with Crippen LogP contribution in [0.4, 0.5) is 0 Å². The van der Waals surface area contributed by atoms with E-state index in [9.17, 15) is 8.42 Å². The molecule has 4 nitrogen and oxygen atoms in total. The molecule has 6 heteroatoms. The van der Waals surface area contributed by atoms with Crippen LogP contribution in [0.15, 0.2) is 29.2 Å². The third kappa shape index (κ3) is 3.00. The Morgan fingerprint density at radius 2 is 1.95 bits per heavy atom. The Labute approximate surface area is 123 Å². The molecule has 2 rings (SSSR count). The molecular weight excluding hydrogens is 298 g/mol. The van der Waals surface area contributed by atoms with Gasteiger partial charge in [-0.3, -0.25) is 0 Å². The predicted molar refractivity (Wildman–Crippen MR) is 80.8 cm³/mol. The second-order valence-electron chi connectivity index (χ2n) is 4.94. The summed E-state index contributed by atoms with van der Waals surface area (Å²) in [5.41, 5.74) is 1.50. The van der Waals surface area contributed by atoms with Gasteiger partial charge in [-0.25, -0.2) is 8.42 Å². The van der Waals surface area contributed by atoms with Gasteiger partial charge >= 0.3 is 0 Å². The largest absolute Gasteiger partial charge is 0.377 e. The molecule has 0 aliphatic heterocycles. The minimum atomic E-state index is -3.77. The van der Waals surface area contributed by atoms with Gasteiger partial charge in [0.25, 0.3) is 9.05 Å². The van der Waals surface area contributed by atoms with Crippen molar-refractivity contribution in [3.8, 4) is 0 Å². The first kappa shape index (κ1) is 15.4. The smallest absolute Gasteiger partial charge is 0.263 e. The molecule has 0 bridgehead atoms. The van der Waals surface area contributed by atoms with Gasteiger partial charge in [0.2, 0.25) is 0 Å². The van der Waals surface area contributed by atoms with E-state index in [2.05, 4.69) is 0 Å². The molecule has 1 heterocycles. The summed E-state index contributed by atoms with van der Waals surface area (Å²) < 4.78 is 31.0. The zero-order valence-electron chi connectivity index (χ0n) is 11.8. The van der Waals surface area contributed by atoms with Gasteiger partial charge in [0.05, 0.1) is 12.7 Å². The summed E-state index contributed by atoms with van der Waals surface area (Å²) >= 11 is 0. The summed E-state index contributed by atoms with van der Waals surface area (Å²) in [6, 6.07) is 7.36. The summed E-state index contributed by atoms with van der Waals surface area (Å²) in [7, 11) is 1.80. The van der Waals surface area contributed by atoms with Crippen LogP contribution in [-0.4, -0.2) is 25.7 Å². The summed E-state index contributed by atoms with van der Waals surface area (Å²) in [6.45, 7) is 6.82. The molecule has 20 heavy (non-hydrogen) atoms. The summed E-state index contributed by atoms with van der Waals surface area (Å²) in [5, 5.41) is 0.657. The molecule has 2 aromatic rings. The van der Waals surface area contributed by atoms with Crippen molar-refractivity contribution < 1.29 is 13.2 Å². The minimum Gasteiger partial charge on any atom is -0.377 e. The molecule has 1 aromatic carbocycles. The molecule has 0 saturated heterocycles. The van der Waals surface area contributed by atoms with Crippen LogP contribution in [0.3, 0.4) is 0 Å². The maximum Gasteiger partial charge on any atom is 0.263 e. The Kier molecular flexibility index (Phi) is 4.42. The van der Waals surface area contributed by atoms with Gasteiger partial charge in [-0.05, 0) is 26.8 Å². The number of nitrogens with zero attached hydrogens (tertiary/aromatic N) is 1. The fourth-order valence-corrected chi connectivity index (χ4v) is 3.86. The highest BCUT2D eigenvalue weighted by Gasteiger charge is 2.22. The SMILES string of the molecule is Cc1c(S(=O)(=O)Cl)c2ccccc2n1CCOC(C)C. The van der Waals surface area contributed by atoms with Crippen LogP contribution in [0.5, 0.6) is 0 Å². The average Bonchev–Trinajstić information content (AvgIpc) is 2.61. The molecule has 0 saturated carbocycles. The van der Waals surface area contributed by atoms with Crippen LogP contribution in [0.2, 0.25) is 0 Å². The van der Waals surface area contributed by atoms with Crippen LogP contribution in [0.1, 0.15) is 19.5 Å². The third-order valence-corrected chi connectivity index (χ3v) is 4.65.